The van der Waals surface area contributed by atoms with Crippen LogP contribution < -0.4 is 5.32 Å². The molecule has 0 fully saturated rings. The van der Waals surface area contributed by atoms with E-state index in [1.807, 2.05) is 32.0 Å². The van der Waals surface area contributed by atoms with Crippen molar-refractivity contribution in [3.8, 4) is 0 Å². The van der Waals surface area contributed by atoms with E-state index in [0.29, 0.717) is 0 Å². The Labute approximate surface area is 117 Å². The molecule has 0 radical (unpaired) electrons. The van der Waals surface area contributed by atoms with E-state index in [2.05, 4.69) is 39.3 Å². The third-order valence-corrected chi connectivity index (χ3v) is 3.33. The molecule has 100 valence electrons. The molecule has 2 heterocycles. The van der Waals surface area contributed by atoms with Gasteiger partial charge in [0.1, 0.15) is 11.8 Å². The highest BCUT2D eigenvalue weighted by molar-refractivity contribution is 5.87. The normalized spacial score (nSPS) is 10.8. The maximum absolute atomic E-state index is 4.61. The van der Waals surface area contributed by atoms with Gasteiger partial charge in [-0.1, -0.05) is 12.1 Å². The van der Waals surface area contributed by atoms with Crippen LogP contribution in [-0.4, -0.2) is 15.0 Å². The number of anilines is 2. The molecule has 0 saturated heterocycles. The fourth-order valence-corrected chi connectivity index (χ4v) is 2.12. The van der Waals surface area contributed by atoms with Crippen molar-refractivity contribution in [2.45, 2.75) is 20.8 Å². The number of rotatable bonds is 2. The number of pyridine rings is 1. The summed E-state index contributed by atoms with van der Waals surface area (Å²) in [6.07, 6.45) is 1.57. The van der Waals surface area contributed by atoms with Crippen LogP contribution in [-0.2, 0) is 0 Å². The minimum absolute atomic E-state index is 0.740. The summed E-state index contributed by atoms with van der Waals surface area (Å²) in [5, 5.41) is 3.32. The summed E-state index contributed by atoms with van der Waals surface area (Å²) in [7, 11) is 0. The van der Waals surface area contributed by atoms with Crippen molar-refractivity contribution in [3.05, 3.63) is 53.5 Å². The molecule has 0 aliphatic rings. The lowest BCUT2D eigenvalue weighted by atomic mass is 10.2. The molecule has 3 rings (SSSR count). The average molecular weight is 264 g/mol. The van der Waals surface area contributed by atoms with E-state index < -0.39 is 0 Å². The van der Waals surface area contributed by atoms with E-state index in [1.54, 1.807) is 6.33 Å². The Morgan fingerprint density at radius 2 is 1.85 bits per heavy atom. The number of hydrogen-bond donors (Lipinski definition) is 1. The smallest absolute Gasteiger partial charge is 0.160 e. The zero-order valence-corrected chi connectivity index (χ0v) is 11.8. The maximum Gasteiger partial charge on any atom is 0.160 e. The van der Waals surface area contributed by atoms with E-state index in [9.17, 15) is 0 Å². The fourth-order valence-electron chi connectivity index (χ4n) is 2.12. The van der Waals surface area contributed by atoms with Gasteiger partial charge in [0, 0.05) is 11.4 Å². The Morgan fingerprint density at radius 1 is 1.00 bits per heavy atom. The molecular formula is C16H16N4. The summed E-state index contributed by atoms with van der Waals surface area (Å²) in [4.78, 5) is 13.2. The second-order valence-electron chi connectivity index (χ2n) is 4.98. The summed E-state index contributed by atoms with van der Waals surface area (Å²) in [5.74, 6) is 0.740. The number of nitrogens with one attached hydrogen (secondary N) is 1. The Kier molecular flexibility index (Phi) is 3.06. The van der Waals surface area contributed by atoms with Gasteiger partial charge in [0.15, 0.2) is 5.82 Å². The molecule has 2 aromatic heterocycles. The van der Waals surface area contributed by atoms with Crippen LogP contribution in [0, 0.1) is 20.8 Å². The minimum atomic E-state index is 0.740. The van der Waals surface area contributed by atoms with E-state index in [-0.39, 0.29) is 0 Å². The molecule has 0 unspecified atom stereocenters. The van der Waals surface area contributed by atoms with Gasteiger partial charge in [-0.3, -0.25) is 0 Å². The fraction of sp³-hybridized carbons (Fsp3) is 0.188. The van der Waals surface area contributed by atoms with Crippen LogP contribution in [0.2, 0.25) is 0 Å². The molecule has 0 bridgehead atoms. The molecule has 0 aliphatic carbocycles. The Bertz CT molecular complexity index is 781. The van der Waals surface area contributed by atoms with Gasteiger partial charge >= 0.3 is 0 Å². The second kappa shape index (κ2) is 4.89. The van der Waals surface area contributed by atoms with E-state index >= 15 is 0 Å². The molecule has 0 atom stereocenters. The first kappa shape index (κ1) is 12.5. The van der Waals surface area contributed by atoms with Gasteiger partial charge in [0.2, 0.25) is 0 Å². The van der Waals surface area contributed by atoms with Gasteiger partial charge in [-0.2, -0.15) is 0 Å². The van der Waals surface area contributed by atoms with Crippen molar-refractivity contribution >= 4 is 22.5 Å². The molecule has 1 N–H and O–H groups in total. The predicted octanol–water partition coefficient (Wildman–Crippen LogP) is 3.69. The zero-order chi connectivity index (χ0) is 14.1. The predicted molar refractivity (Wildman–Crippen MR) is 81.3 cm³/mol. The molecule has 0 spiro atoms. The van der Waals surface area contributed by atoms with Crippen molar-refractivity contribution in [2.24, 2.45) is 0 Å². The molecule has 4 heteroatoms. The van der Waals surface area contributed by atoms with Crippen LogP contribution in [0.15, 0.2) is 36.7 Å². The maximum atomic E-state index is 4.61. The Balaban J connectivity index is 2.09. The second-order valence-corrected chi connectivity index (χ2v) is 4.98. The summed E-state index contributed by atoms with van der Waals surface area (Å²) >= 11 is 0. The highest BCUT2D eigenvalue weighted by Crippen LogP contribution is 2.23. The molecule has 3 aromatic rings. The molecule has 1 aromatic carbocycles. The summed E-state index contributed by atoms with van der Waals surface area (Å²) in [5.41, 5.74) is 6.01. The van der Waals surface area contributed by atoms with Crippen molar-refractivity contribution in [1.82, 2.24) is 15.0 Å². The molecule has 20 heavy (non-hydrogen) atoms. The van der Waals surface area contributed by atoms with Crippen molar-refractivity contribution in [1.29, 1.82) is 0 Å². The van der Waals surface area contributed by atoms with Gasteiger partial charge in [-0.15, -0.1) is 0 Å². The number of fused-ring (bicyclic) bond motifs is 1. The van der Waals surface area contributed by atoms with Gasteiger partial charge < -0.3 is 5.32 Å². The number of nitrogens with zero attached hydrogens (tertiary/aromatic N) is 3. The van der Waals surface area contributed by atoms with Crippen LogP contribution in [0.1, 0.15) is 16.8 Å². The van der Waals surface area contributed by atoms with Crippen molar-refractivity contribution < 1.29 is 0 Å². The Morgan fingerprint density at radius 3 is 2.65 bits per heavy atom. The first-order valence-corrected chi connectivity index (χ1v) is 6.56. The quantitative estimate of drug-likeness (QED) is 0.767. The van der Waals surface area contributed by atoms with Crippen LogP contribution >= 0.6 is 0 Å². The zero-order valence-electron chi connectivity index (χ0n) is 11.8. The highest BCUT2D eigenvalue weighted by Gasteiger charge is 2.07. The number of benzene rings is 1. The molecular weight excluding hydrogens is 248 g/mol. The number of hydrogen-bond acceptors (Lipinski definition) is 4. The lowest BCUT2D eigenvalue weighted by Crippen LogP contribution is -1.99. The number of aromatic nitrogens is 3. The van der Waals surface area contributed by atoms with Gasteiger partial charge in [0.25, 0.3) is 0 Å². The topological polar surface area (TPSA) is 50.7 Å². The summed E-state index contributed by atoms with van der Waals surface area (Å²) < 4.78 is 0. The standard InChI is InChI=1S/C16H16N4/c1-10-5-4-6-13(7-10)20-16-15-14(17-9-18-16)8-11(2)12(3)19-15/h4-9H,1-3H3,(H,17,18,20). The molecule has 4 nitrogen and oxygen atoms in total. The molecule has 0 saturated carbocycles. The highest BCUT2D eigenvalue weighted by atomic mass is 15.0. The lowest BCUT2D eigenvalue weighted by molar-refractivity contribution is 1.14. The minimum Gasteiger partial charge on any atom is -0.338 e. The monoisotopic (exact) mass is 264 g/mol. The summed E-state index contributed by atoms with van der Waals surface area (Å²) in [6, 6.07) is 10.2. The first-order chi connectivity index (χ1) is 9.63. The number of aryl methyl sites for hydroxylation is 3. The van der Waals surface area contributed by atoms with Crippen LogP contribution in [0.4, 0.5) is 11.5 Å². The Hall–Kier alpha value is -2.49. The largest absolute Gasteiger partial charge is 0.338 e. The molecule has 0 aliphatic heterocycles. The van der Waals surface area contributed by atoms with Crippen molar-refractivity contribution in [2.75, 3.05) is 5.32 Å². The van der Waals surface area contributed by atoms with E-state index in [0.717, 1.165) is 33.8 Å². The van der Waals surface area contributed by atoms with Gasteiger partial charge in [0.05, 0.1) is 5.52 Å². The SMILES string of the molecule is Cc1cccc(Nc2ncnc3cc(C)c(C)nc23)c1. The van der Waals surface area contributed by atoms with E-state index in [4.69, 9.17) is 0 Å². The van der Waals surface area contributed by atoms with Gasteiger partial charge in [-0.05, 0) is 50.1 Å². The van der Waals surface area contributed by atoms with Crippen molar-refractivity contribution in [3.63, 3.8) is 0 Å². The van der Waals surface area contributed by atoms with E-state index in [1.165, 1.54) is 5.56 Å². The van der Waals surface area contributed by atoms with Crippen LogP contribution in [0.25, 0.3) is 11.0 Å². The summed E-state index contributed by atoms with van der Waals surface area (Å²) in [6.45, 7) is 6.10. The third kappa shape index (κ3) is 2.32. The molecule has 0 amide bonds. The van der Waals surface area contributed by atoms with Gasteiger partial charge in [-0.25, -0.2) is 15.0 Å². The first-order valence-electron chi connectivity index (χ1n) is 6.56. The van der Waals surface area contributed by atoms with Crippen LogP contribution in [0.5, 0.6) is 0 Å². The van der Waals surface area contributed by atoms with Crippen LogP contribution in [0.3, 0.4) is 0 Å². The lowest BCUT2D eigenvalue weighted by Gasteiger charge is -2.09. The average Bonchev–Trinajstić information content (AvgIpc) is 2.41. The third-order valence-electron chi connectivity index (χ3n) is 3.33.